The van der Waals surface area contributed by atoms with Gasteiger partial charge in [0.05, 0.1) is 0 Å². The Labute approximate surface area is 114 Å². The number of fused-ring (bicyclic) bond motifs is 1. The third-order valence-corrected chi connectivity index (χ3v) is 5.97. The number of hydrogen-bond donors (Lipinski definition) is 1. The lowest BCUT2D eigenvalue weighted by Gasteiger charge is -2.31. The Morgan fingerprint density at radius 1 is 1.05 bits per heavy atom. The molecule has 0 bridgehead atoms. The molecule has 2 heterocycles. The van der Waals surface area contributed by atoms with Gasteiger partial charge in [-0.3, -0.25) is 0 Å². The minimum atomic E-state index is -3.31. The second kappa shape index (κ2) is 4.77. The highest BCUT2D eigenvalue weighted by Gasteiger charge is 2.34. The summed E-state index contributed by atoms with van der Waals surface area (Å²) in [5, 5.41) is 0. The van der Waals surface area contributed by atoms with E-state index in [-0.39, 0.29) is 0 Å². The first-order chi connectivity index (χ1) is 9.09. The van der Waals surface area contributed by atoms with E-state index in [1.807, 2.05) is 18.2 Å². The van der Waals surface area contributed by atoms with Crippen LogP contribution in [0.5, 0.6) is 0 Å². The number of nitrogen functional groups attached to an aromatic ring is 1. The molecular formula is C13H19N3O2S. The zero-order valence-corrected chi connectivity index (χ0v) is 11.7. The van der Waals surface area contributed by atoms with E-state index in [0.29, 0.717) is 31.9 Å². The molecule has 0 spiro atoms. The van der Waals surface area contributed by atoms with Crippen molar-refractivity contribution in [3.63, 3.8) is 0 Å². The fraction of sp³-hybridized carbons (Fsp3) is 0.538. The van der Waals surface area contributed by atoms with Gasteiger partial charge in [0.1, 0.15) is 0 Å². The van der Waals surface area contributed by atoms with Gasteiger partial charge in [-0.15, -0.1) is 0 Å². The quantitative estimate of drug-likeness (QED) is 0.821. The van der Waals surface area contributed by atoms with E-state index in [4.69, 9.17) is 5.73 Å². The number of nitrogens with two attached hydrogens (primary N) is 1. The maximum atomic E-state index is 12.5. The van der Waals surface area contributed by atoms with Crippen LogP contribution in [-0.4, -0.2) is 36.7 Å². The van der Waals surface area contributed by atoms with Crippen molar-refractivity contribution in [3.8, 4) is 0 Å². The van der Waals surface area contributed by atoms with Crippen molar-refractivity contribution in [2.75, 3.05) is 25.4 Å². The Balaban J connectivity index is 1.87. The molecule has 1 aromatic carbocycles. The Bertz CT molecular complexity index is 580. The predicted molar refractivity (Wildman–Crippen MR) is 74.7 cm³/mol. The van der Waals surface area contributed by atoms with Crippen LogP contribution in [0.4, 0.5) is 5.69 Å². The van der Waals surface area contributed by atoms with E-state index >= 15 is 0 Å². The molecule has 1 aromatic rings. The van der Waals surface area contributed by atoms with Crippen LogP contribution in [0.1, 0.15) is 24.0 Å². The molecule has 0 amide bonds. The highest BCUT2D eigenvalue weighted by Crippen LogP contribution is 2.27. The summed E-state index contributed by atoms with van der Waals surface area (Å²) in [5.74, 6) is 0. The van der Waals surface area contributed by atoms with Gasteiger partial charge >= 0.3 is 0 Å². The first kappa shape index (κ1) is 12.9. The molecule has 3 rings (SSSR count). The van der Waals surface area contributed by atoms with Crippen molar-refractivity contribution < 1.29 is 8.42 Å². The third-order valence-electron chi connectivity index (χ3n) is 3.99. The molecule has 1 saturated heterocycles. The van der Waals surface area contributed by atoms with Crippen molar-refractivity contribution in [1.29, 1.82) is 0 Å². The van der Waals surface area contributed by atoms with Crippen LogP contribution in [0.3, 0.4) is 0 Å². The molecule has 0 radical (unpaired) electrons. The summed E-state index contributed by atoms with van der Waals surface area (Å²) in [5.41, 5.74) is 8.80. The van der Waals surface area contributed by atoms with Gasteiger partial charge in [0.25, 0.3) is 10.2 Å². The zero-order valence-electron chi connectivity index (χ0n) is 10.9. The molecule has 2 aliphatic heterocycles. The molecule has 2 aliphatic rings. The lowest BCUT2D eigenvalue weighted by atomic mass is 10.00. The average Bonchev–Trinajstić information content (AvgIpc) is 2.93. The molecule has 0 saturated carbocycles. The average molecular weight is 281 g/mol. The number of rotatable bonds is 2. The number of benzene rings is 1. The van der Waals surface area contributed by atoms with E-state index in [0.717, 1.165) is 24.8 Å². The van der Waals surface area contributed by atoms with Crippen molar-refractivity contribution in [1.82, 2.24) is 8.61 Å². The monoisotopic (exact) mass is 281 g/mol. The second-order valence-electron chi connectivity index (χ2n) is 5.18. The van der Waals surface area contributed by atoms with Crippen molar-refractivity contribution in [3.05, 3.63) is 29.3 Å². The summed E-state index contributed by atoms with van der Waals surface area (Å²) in [4.78, 5) is 0. The summed E-state index contributed by atoms with van der Waals surface area (Å²) < 4.78 is 28.2. The van der Waals surface area contributed by atoms with Crippen LogP contribution in [-0.2, 0) is 23.2 Å². The van der Waals surface area contributed by atoms with E-state index in [9.17, 15) is 8.42 Å². The molecule has 5 nitrogen and oxygen atoms in total. The largest absolute Gasteiger partial charge is 0.398 e. The first-order valence-electron chi connectivity index (χ1n) is 6.70. The van der Waals surface area contributed by atoms with Gasteiger partial charge in [-0.2, -0.15) is 17.0 Å². The Morgan fingerprint density at radius 3 is 2.53 bits per heavy atom. The van der Waals surface area contributed by atoms with E-state index in [2.05, 4.69) is 0 Å². The fourth-order valence-electron chi connectivity index (χ4n) is 2.86. The second-order valence-corrected chi connectivity index (χ2v) is 7.11. The van der Waals surface area contributed by atoms with Crippen LogP contribution in [0.15, 0.2) is 18.2 Å². The van der Waals surface area contributed by atoms with E-state index in [1.165, 1.54) is 5.56 Å². The highest BCUT2D eigenvalue weighted by atomic mass is 32.2. The van der Waals surface area contributed by atoms with Gasteiger partial charge in [-0.05, 0) is 36.5 Å². The minimum Gasteiger partial charge on any atom is -0.398 e. The molecule has 0 aliphatic carbocycles. The zero-order chi connectivity index (χ0) is 13.5. The van der Waals surface area contributed by atoms with E-state index < -0.39 is 10.2 Å². The van der Waals surface area contributed by atoms with Crippen LogP contribution < -0.4 is 5.73 Å². The molecule has 0 atom stereocenters. The van der Waals surface area contributed by atoms with Gasteiger partial charge in [0.15, 0.2) is 0 Å². The normalized spacial score (nSPS) is 21.5. The number of anilines is 1. The number of nitrogens with zero attached hydrogens (tertiary/aromatic N) is 2. The Kier molecular flexibility index (Phi) is 3.24. The van der Waals surface area contributed by atoms with Gasteiger partial charge in [-0.1, -0.05) is 12.1 Å². The van der Waals surface area contributed by atoms with Crippen LogP contribution in [0, 0.1) is 0 Å². The molecule has 0 unspecified atom stereocenters. The predicted octanol–water partition coefficient (Wildman–Crippen LogP) is 0.967. The SMILES string of the molecule is Nc1cccc2c1CN(S(=O)(=O)N1CCCC1)CC2. The van der Waals surface area contributed by atoms with Crippen molar-refractivity contribution in [2.45, 2.75) is 25.8 Å². The van der Waals surface area contributed by atoms with Gasteiger partial charge in [-0.25, -0.2) is 0 Å². The topological polar surface area (TPSA) is 66.6 Å². The van der Waals surface area contributed by atoms with Gasteiger partial charge in [0.2, 0.25) is 0 Å². The summed E-state index contributed by atoms with van der Waals surface area (Å²) in [6.45, 7) is 2.25. The van der Waals surface area contributed by atoms with Crippen molar-refractivity contribution >= 4 is 15.9 Å². The lowest BCUT2D eigenvalue weighted by molar-refractivity contribution is 0.346. The minimum absolute atomic E-state index is 0.404. The molecule has 1 fully saturated rings. The Morgan fingerprint density at radius 2 is 1.79 bits per heavy atom. The standard InChI is InChI=1S/C13H19N3O2S/c14-13-5-3-4-11-6-9-16(10-12(11)13)19(17,18)15-7-1-2-8-15/h3-5H,1-2,6-10,14H2. The summed E-state index contributed by atoms with van der Waals surface area (Å²) in [6, 6.07) is 5.80. The van der Waals surface area contributed by atoms with Crippen LogP contribution >= 0.6 is 0 Å². The summed E-state index contributed by atoms with van der Waals surface area (Å²) in [7, 11) is -3.31. The van der Waals surface area contributed by atoms with Crippen molar-refractivity contribution in [2.24, 2.45) is 0 Å². The molecular weight excluding hydrogens is 262 g/mol. The molecule has 0 aromatic heterocycles. The Hall–Kier alpha value is -1.11. The lowest BCUT2D eigenvalue weighted by Crippen LogP contribution is -2.44. The third kappa shape index (κ3) is 2.24. The number of hydrogen-bond acceptors (Lipinski definition) is 3. The molecule has 19 heavy (non-hydrogen) atoms. The maximum absolute atomic E-state index is 12.5. The van der Waals surface area contributed by atoms with Gasteiger partial charge in [0, 0.05) is 31.9 Å². The maximum Gasteiger partial charge on any atom is 0.282 e. The first-order valence-corrected chi connectivity index (χ1v) is 8.10. The van der Waals surface area contributed by atoms with E-state index in [1.54, 1.807) is 8.61 Å². The molecule has 104 valence electrons. The van der Waals surface area contributed by atoms with Crippen LogP contribution in [0.2, 0.25) is 0 Å². The van der Waals surface area contributed by atoms with Gasteiger partial charge < -0.3 is 5.73 Å². The summed E-state index contributed by atoms with van der Waals surface area (Å²) >= 11 is 0. The smallest absolute Gasteiger partial charge is 0.282 e. The molecule has 6 heteroatoms. The summed E-state index contributed by atoms with van der Waals surface area (Å²) in [6.07, 6.45) is 2.67. The fourth-order valence-corrected chi connectivity index (χ4v) is 4.52. The highest BCUT2D eigenvalue weighted by molar-refractivity contribution is 7.86. The van der Waals surface area contributed by atoms with Crippen LogP contribution in [0.25, 0.3) is 0 Å². The molecule has 2 N–H and O–H groups in total.